The van der Waals surface area contributed by atoms with Crippen LogP contribution in [0.5, 0.6) is 0 Å². The second-order valence-electron chi connectivity index (χ2n) is 7.00. The molecule has 1 atom stereocenters. The van der Waals surface area contributed by atoms with Gasteiger partial charge in [0.25, 0.3) is 0 Å². The molecule has 27 heavy (non-hydrogen) atoms. The number of pyridine rings is 2. The fraction of sp³-hybridized carbons (Fsp3) is 0.0417. The van der Waals surface area contributed by atoms with Crippen molar-refractivity contribution in [2.75, 3.05) is 0 Å². The molecule has 0 aliphatic carbocycles. The Hall–Kier alpha value is -3.77. The van der Waals surface area contributed by atoms with E-state index in [0.717, 1.165) is 11.3 Å². The third kappa shape index (κ3) is 1.57. The summed E-state index contributed by atoms with van der Waals surface area (Å²) >= 11 is 0. The van der Waals surface area contributed by atoms with Crippen molar-refractivity contribution < 1.29 is 9.13 Å². The Morgan fingerprint density at radius 1 is 0.667 bits per heavy atom. The first-order valence-electron chi connectivity index (χ1n) is 9.03. The zero-order chi connectivity index (χ0) is 18.0. The summed E-state index contributed by atoms with van der Waals surface area (Å²) in [5, 5.41) is 9.43. The van der Waals surface area contributed by atoms with Gasteiger partial charge in [-0.25, -0.2) is 0 Å². The molecule has 2 aromatic heterocycles. The molecule has 3 nitrogen and oxygen atoms in total. The Balaban J connectivity index is 1.85. The highest BCUT2D eigenvalue weighted by molar-refractivity contribution is 5.74. The minimum absolute atomic E-state index is 0.465. The average Bonchev–Trinajstić information content (AvgIpc) is 3.21. The normalized spacial score (nSPS) is 17.7. The summed E-state index contributed by atoms with van der Waals surface area (Å²) in [6, 6.07) is 29.6. The fourth-order valence-electron chi connectivity index (χ4n) is 4.81. The van der Waals surface area contributed by atoms with Crippen LogP contribution in [0.4, 0.5) is 0 Å². The summed E-state index contributed by atoms with van der Waals surface area (Å²) in [7, 11) is 0. The van der Waals surface area contributed by atoms with E-state index in [0.29, 0.717) is 5.56 Å². The van der Waals surface area contributed by atoms with Crippen molar-refractivity contribution in [2.24, 2.45) is 0 Å². The zero-order valence-electron chi connectivity index (χ0n) is 14.5. The van der Waals surface area contributed by atoms with Gasteiger partial charge in [0.2, 0.25) is 11.4 Å². The van der Waals surface area contributed by atoms with E-state index in [4.69, 9.17) is 0 Å². The molecule has 2 aliphatic heterocycles. The lowest BCUT2D eigenvalue weighted by Crippen LogP contribution is -2.71. The Bertz CT molecular complexity index is 1250. The molecule has 124 valence electrons. The van der Waals surface area contributed by atoms with Gasteiger partial charge in [-0.15, -0.1) is 9.13 Å². The minimum atomic E-state index is -0.465. The van der Waals surface area contributed by atoms with E-state index >= 15 is 0 Å². The van der Waals surface area contributed by atoms with Gasteiger partial charge in [0, 0.05) is 24.3 Å². The van der Waals surface area contributed by atoms with Crippen molar-refractivity contribution in [3.63, 3.8) is 0 Å². The molecule has 1 spiro atoms. The summed E-state index contributed by atoms with van der Waals surface area (Å²) < 4.78 is 4.70. The molecule has 0 fully saturated rings. The van der Waals surface area contributed by atoms with Gasteiger partial charge in [-0.2, -0.15) is 5.26 Å². The quantitative estimate of drug-likeness (QED) is 0.388. The summed E-state index contributed by atoms with van der Waals surface area (Å²) in [5.41, 5.74) is 7.38. The van der Waals surface area contributed by atoms with Crippen LogP contribution in [0.1, 0.15) is 16.7 Å². The third-order valence-corrected chi connectivity index (χ3v) is 5.80. The first-order chi connectivity index (χ1) is 13.4. The van der Waals surface area contributed by atoms with E-state index in [1.807, 2.05) is 12.1 Å². The SMILES string of the molecule is N#Cc1ccc2c(c1)-c1cccc[n+]1C21c2ccccc2-c2cccc[n+]21. The van der Waals surface area contributed by atoms with E-state index in [1.165, 1.54) is 22.4 Å². The van der Waals surface area contributed by atoms with Gasteiger partial charge in [-0.1, -0.05) is 12.1 Å². The molecule has 0 bridgehead atoms. The molecule has 0 saturated heterocycles. The van der Waals surface area contributed by atoms with Gasteiger partial charge in [-0.05, 0) is 42.5 Å². The largest absolute Gasteiger partial charge is 0.417 e. The molecule has 4 heterocycles. The first kappa shape index (κ1) is 14.4. The number of hydrogen-bond donors (Lipinski definition) is 0. The Morgan fingerprint density at radius 2 is 1.30 bits per heavy atom. The molecule has 0 radical (unpaired) electrons. The van der Waals surface area contributed by atoms with Crippen molar-refractivity contribution in [3.8, 4) is 28.6 Å². The van der Waals surface area contributed by atoms with E-state index in [1.54, 1.807) is 0 Å². The molecule has 6 rings (SSSR count). The van der Waals surface area contributed by atoms with Crippen LogP contribution in [-0.4, -0.2) is 0 Å². The highest BCUT2D eigenvalue weighted by Gasteiger charge is 2.66. The zero-order valence-corrected chi connectivity index (χ0v) is 14.5. The molecule has 1 unspecified atom stereocenters. The van der Waals surface area contributed by atoms with Gasteiger partial charge < -0.3 is 0 Å². The second kappa shape index (κ2) is 4.90. The van der Waals surface area contributed by atoms with Gasteiger partial charge in [0.05, 0.1) is 22.8 Å². The lowest BCUT2D eigenvalue weighted by Gasteiger charge is -2.16. The van der Waals surface area contributed by atoms with Crippen LogP contribution in [0, 0.1) is 11.3 Å². The van der Waals surface area contributed by atoms with E-state index < -0.39 is 5.66 Å². The smallest absolute Gasteiger partial charge is 0.192 e. The summed E-state index contributed by atoms with van der Waals surface area (Å²) in [6.07, 6.45) is 4.31. The van der Waals surface area contributed by atoms with Crippen LogP contribution in [0.15, 0.2) is 91.3 Å². The summed E-state index contributed by atoms with van der Waals surface area (Å²) in [6.45, 7) is 0. The molecular weight excluding hydrogens is 330 g/mol. The Kier molecular flexibility index (Phi) is 2.61. The molecule has 0 N–H and O–H groups in total. The fourth-order valence-corrected chi connectivity index (χ4v) is 4.81. The van der Waals surface area contributed by atoms with Crippen molar-refractivity contribution in [1.29, 1.82) is 5.26 Å². The number of aromatic nitrogens is 2. The molecule has 2 aliphatic rings. The lowest BCUT2D eigenvalue weighted by molar-refractivity contribution is -0.955. The lowest BCUT2D eigenvalue weighted by atomic mass is 9.89. The van der Waals surface area contributed by atoms with E-state index in [9.17, 15) is 5.26 Å². The minimum Gasteiger partial charge on any atom is -0.192 e. The molecule has 3 heteroatoms. The topological polar surface area (TPSA) is 31.5 Å². The van der Waals surface area contributed by atoms with Crippen LogP contribution in [-0.2, 0) is 5.66 Å². The van der Waals surface area contributed by atoms with Gasteiger partial charge in [0.1, 0.15) is 11.1 Å². The summed E-state index contributed by atoms with van der Waals surface area (Å²) in [4.78, 5) is 0. The predicted octanol–water partition coefficient (Wildman–Crippen LogP) is 3.39. The van der Waals surface area contributed by atoms with Crippen molar-refractivity contribution in [3.05, 3.63) is 108 Å². The maximum absolute atomic E-state index is 9.43. The van der Waals surface area contributed by atoms with Gasteiger partial charge in [-0.3, -0.25) is 0 Å². The molecule has 2 aromatic carbocycles. The van der Waals surface area contributed by atoms with Crippen molar-refractivity contribution >= 4 is 0 Å². The van der Waals surface area contributed by atoms with Gasteiger partial charge in [0.15, 0.2) is 12.4 Å². The second-order valence-corrected chi connectivity index (χ2v) is 7.00. The van der Waals surface area contributed by atoms with Crippen molar-refractivity contribution in [2.45, 2.75) is 5.66 Å². The highest BCUT2D eigenvalue weighted by atomic mass is 15.3. The molecular formula is C24H15N3+2. The standard InChI is InChI=1S/C24H15N3/c25-16-17-11-12-21-19(15-17)23-10-4-6-14-27(23)24(21)20-8-2-1-7-18(20)22-9-3-5-13-26(22)24/h1-15H/q+2. The average molecular weight is 345 g/mol. The maximum Gasteiger partial charge on any atom is 0.417 e. The monoisotopic (exact) mass is 345 g/mol. The van der Waals surface area contributed by atoms with E-state index in [-0.39, 0.29) is 0 Å². The number of hydrogen-bond acceptors (Lipinski definition) is 1. The van der Waals surface area contributed by atoms with Crippen LogP contribution in [0.3, 0.4) is 0 Å². The number of rotatable bonds is 0. The van der Waals surface area contributed by atoms with Crippen LogP contribution >= 0.6 is 0 Å². The van der Waals surface area contributed by atoms with Crippen molar-refractivity contribution in [1.82, 2.24) is 0 Å². The molecule has 4 aromatic rings. The maximum atomic E-state index is 9.43. The first-order valence-corrected chi connectivity index (χ1v) is 9.03. The Labute approximate surface area is 157 Å². The predicted molar refractivity (Wildman–Crippen MR) is 100 cm³/mol. The third-order valence-electron chi connectivity index (χ3n) is 5.80. The van der Waals surface area contributed by atoms with Gasteiger partial charge >= 0.3 is 5.66 Å². The van der Waals surface area contributed by atoms with Crippen LogP contribution in [0.25, 0.3) is 22.5 Å². The van der Waals surface area contributed by atoms with Crippen LogP contribution in [0.2, 0.25) is 0 Å². The number of nitriles is 1. The van der Waals surface area contributed by atoms with E-state index in [2.05, 4.69) is 94.3 Å². The van der Waals surface area contributed by atoms with Crippen LogP contribution < -0.4 is 9.13 Å². The molecule has 0 amide bonds. The number of benzene rings is 2. The Morgan fingerprint density at radius 3 is 2.04 bits per heavy atom. The highest BCUT2D eigenvalue weighted by Crippen LogP contribution is 2.46. The number of fused-ring (bicyclic) bond motifs is 10. The number of nitrogens with zero attached hydrogens (tertiary/aromatic N) is 3. The molecule has 0 saturated carbocycles. The summed E-state index contributed by atoms with van der Waals surface area (Å²) in [5.74, 6) is 0.